The summed E-state index contributed by atoms with van der Waals surface area (Å²) in [4.78, 5) is 15.0. The molecule has 0 unspecified atom stereocenters. The molecule has 0 saturated carbocycles. The topological polar surface area (TPSA) is 29.5 Å². The average molecular weight is 472 g/mol. The van der Waals surface area contributed by atoms with Gasteiger partial charge in [-0.25, -0.2) is 4.79 Å². The molecule has 0 N–H and O–H groups in total. The fourth-order valence-electron chi connectivity index (χ4n) is 4.40. The van der Waals surface area contributed by atoms with E-state index in [0.717, 1.165) is 27.7 Å². The first-order valence-electron chi connectivity index (χ1n) is 10.4. The minimum atomic E-state index is -0.371. The first-order valence-corrected chi connectivity index (χ1v) is 11.2. The van der Waals surface area contributed by atoms with Crippen LogP contribution in [0.2, 0.25) is 0 Å². The first-order chi connectivity index (χ1) is 15.2. The maximum absolute atomic E-state index is 13.2. The van der Waals surface area contributed by atoms with E-state index in [0.29, 0.717) is 0 Å². The Morgan fingerprint density at radius 3 is 1.90 bits per heavy atom. The number of amides is 1. The van der Waals surface area contributed by atoms with Gasteiger partial charge in [-0.15, -0.1) is 0 Å². The molecule has 3 aromatic rings. The Morgan fingerprint density at radius 2 is 1.32 bits per heavy atom. The zero-order valence-electron chi connectivity index (χ0n) is 16.9. The normalized spacial score (nSPS) is 23.2. The van der Waals surface area contributed by atoms with Crippen molar-refractivity contribution in [1.29, 1.82) is 0 Å². The van der Waals surface area contributed by atoms with Crippen LogP contribution in [0.4, 0.5) is 4.79 Å². The summed E-state index contributed by atoms with van der Waals surface area (Å²) in [5, 5.41) is 0. The quantitative estimate of drug-likeness (QED) is 0.400. The highest BCUT2D eigenvalue weighted by atomic mass is 79.9. The Balaban J connectivity index is 1.53. The van der Waals surface area contributed by atoms with E-state index in [1.807, 2.05) is 54.6 Å². The third kappa shape index (κ3) is 3.84. The van der Waals surface area contributed by atoms with Crippen LogP contribution in [0.5, 0.6) is 0 Å². The third-order valence-electron chi connectivity index (χ3n) is 5.91. The van der Waals surface area contributed by atoms with Gasteiger partial charge in [0.25, 0.3) is 0 Å². The van der Waals surface area contributed by atoms with Crippen molar-refractivity contribution in [2.45, 2.75) is 24.5 Å². The van der Waals surface area contributed by atoms with Gasteiger partial charge in [-0.05, 0) is 29.2 Å². The summed E-state index contributed by atoms with van der Waals surface area (Å²) < 4.78 is 6.95. The monoisotopic (exact) mass is 471 g/mol. The van der Waals surface area contributed by atoms with E-state index in [1.165, 1.54) is 5.56 Å². The van der Waals surface area contributed by atoms with Gasteiger partial charge in [0.05, 0.1) is 5.70 Å². The smallest absolute Gasteiger partial charge is 0.415 e. The molecule has 1 fully saturated rings. The van der Waals surface area contributed by atoms with Gasteiger partial charge in [0, 0.05) is 10.4 Å². The molecule has 0 radical (unpaired) electrons. The predicted molar refractivity (Wildman–Crippen MR) is 126 cm³/mol. The number of carbonyl (C=O) groups is 1. The summed E-state index contributed by atoms with van der Waals surface area (Å²) in [6.45, 7) is 0. The van der Waals surface area contributed by atoms with E-state index >= 15 is 0 Å². The van der Waals surface area contributed by atoms with Crippen molar-refractivity contribution in [3.05, 3.63) is 130 Å². The van der Waals surface area contributed by atoms with Gasteiger partial charge in [-0.2, -0.15) is 0 Å². The Labute approximate surface area is 190 Å². The maximum atomic E-state index is 13.2. The van der Waals surface area contributed by atoms with Gasteiger partial charge >= 0.3 is 6.09 Å². The van der Waals surface area contributed by atoms with Gasteiger partial charge in [-0.1, -0.05) is 113 Å². The molecular formula is C27H22BrNO2. The third-order valence-corrected chi connectivity index (χ3v) is 6.64. The highest BCUT2D eigenvalue weighted by Crippen LogP contribution is 2.47. The molecule has 154 valence electrons. The molecule has 3 nitrogen and oxygen atoms in total. The number of allylic oxidation sites excluding steroid dienone is 3. The lowest BCUT2D eigenvalue weighted by atomic mass is 9.90. The molecule has 0 aromatic heterocycles. The van der Waals surface area contributed by atoms with Gasteiger partial charge in [0.15, 0.2) is 6.10 Å². The molecule has 0 bridgehead atoms. The van der Waals surface area contributed by atoms with Crippen LogP contribution in [0.25, 0.3) is 0 Å². The van der Waals surface area contributed by atoms with Crippen molar-refractivity contribution in [1.82, 2.24) is 4.90 Å². The van der Waals surface area contributed by atoms with Crippen LogP contribution >= 0.6 is 15.9 Å². The molecule has 2 aliphatic rings. The number of halogens is 1. The van der Waals surface area contributed by atoms with Crippen LogP contribution in [-0.4, -0.2) is 11.0 Å². The lowest BCUT2D eigenvalue weighted by molar-refractivity contribution is 0.131. The number of rotatable bonds is 4. The van der Waals surface area contributed by atoms with E-state index in [2.05, 4.69) is 64.5 Å². The molecule has 1 amide bonds. The van der Waals surface area contributed by atoms with E-state index in [-0.39, 0.29) is 24.2 Å². The highest BCUT2D eigenvalue weighted by molar-refractivity contribution is 9.11. The van der Waals surface area contributed by atoms with Crippen LogP contribution in [0.3, 0.4) is 0 Å². The lowest BCUT2D eigenvalue weighted by Gasteiger charge is -2.29. The summed E-state index contributed by atoms with van der Waals surface area (Å²) >= 11 is 3.79. The molecule has 5 rings (SSSR count). The standard InChI is InChI=1S/C27H22BrNO2/c28-23-18-22(19-10-4-1-5-11-19)16-17-24(23)29-25(20-12-6-2-7-13-20)26(31-27(29)30)21-14-8-3-9-15-21/h1-17,22,25-26H,18H2/t22-,25-,26+/m0/s1. The zero-order valence-corrected chi connectivity index (χ0v) is 18.5. The second-order valence-corrected chi connectivity index (χ2v) is 8.77. The molecular weight excluding hydrogens is 450 g/mol. The van der Waals surface area contributed by atoms with Gasteiger partial charge in [0.1, 0.15) is 6.04 Å². The summed E-state index contributed by atoms with van der Waals surface area (Å²) in [5.41, 5.74) is 4.17. The van der Waals surface area contributed by atoms with Crippen molar-refractivity contribution < 1.29 is 9.53 Å². The van der Waals surface area contributed by atoms with Gasteiger partial charge in [0.2, 0.25) is 0 Å². The summed E-state index contributed by atoms with van der Waals surface area (Å²) in [6, 6.07) is 30.3. The number of nitrogens with zero attached hydrogens (tertiary/aromatic N) is 1. The van der Waals surface area contributed by atoms with Gasteiger partial charge in [-0.3, -0.25) is 4.90 Å². The average Bonchev–Trinajstić information content (AvgIpc) is 3.17. The Morgan fingerprint density at radius 1 is 0.774 bits per heavy atom. The van der Waals surface area contributed by atoms with E-state index in [9.17, 15) is 4.79 Å². The second kappa shape index (κ2) is 8.56. The number of ether oxygens (including phenoxy) is 1. The number of carbonyl (C=O) groups excluding carboxylic acids is 1. The summed E-state index contributed by atoms with van der Waals surface area (Å²) in [5.74, 6) is 0.276. The van der Waals surface area contributed by atoms with Crippen LogP contribution in [0, 0.1) is 0 Å². The van der Waals surface area contributed by atoms with Crippen molar-refractivity contribution >= 4 is 22.0 Å². The molecule has 1 saturated heterocycles. The number of benzene rings is 3. The van der Waals surface area contributed by atoms with Crippen LogP contribution in [0.15, 0.2) is 113 Å². The van der Waals surface area contributed by atoms with Gasteiger partial charge < -0.3 is 4.74 Å². The van der Waals surface area contributed by atoms with Crippen molar-refractivity contribution in [2.75, 3.05) is 0 Å². The Kier molecular flexibility index (Phi) is 5.47. The minimum absolute atomic E-state index is 0.239. The summed E-state index contributed by atoms with van der Waals surface area (Å²) in [6.07, 6.45) is 4.34. The van der Waals surface area contributed by atoms with Crippen LogP contribution in [-0.2, 0) is 4.74 Å². The van der Waals surface area contributed by atoms with Crippen molar-refractivity contribution in [2.24, 2.45) is 0 Å². The largest absolute Gasteiger partial charge is 0.438 e. The van der Waals surface area contributed by atoms with Crippen LogP contribution in [0.1, 0.15) is 41.2 Å². The number of hydrogen-bond acceptors (Lipinski definition) is 2. The van der Waals surface area contributed by atoms with E-state index in [1.54, 1.807) is 4.90 Å². The highest BCUT2D eigenvalue weighted by Gasteiger charge is 2.45. The zero-order chi connectivity index (χ0) is 21.2. The fourth-order valence-corrected chi connectivity index (χ4v) is 5.07. The minimum Gasteiger partial charge on any atom is -0.438 e. The Hall–Kier alpha value is -3.11. The molecule has 0 spiro atoms. The van der Waals surface area contributed by atoms with E-state index in [4.69, 9.17) is 4.74 Å². The molecule has 3 aromatic carbocycles. The maximum Gasteiger partial charge on any atom is 0.415 e. The van der Waals surface area contributed by atoms with E-state index < -0.39 is 0 Å². The molecule has 3 atom stereocenters. The van der Waals surface area contributed by atoms with Crippen molar-refractivity contribution in [3.63, 3.8) is 0 Å². The lowest BCUT2D eigenvalue weighted by Crippen LogP contribution is -2.28. The Bertz CT molecular complexity index is 1130. The molecule has 1 aliphatic heterocycles. The number of cyclic esters (lactones) is 1. The first kappa shape index (κ1) is 19.8. The molecule has 1 aliphatic carbocycles. The molecule has 1 heterocycles. The summed E-state index contributed by atoms with van der Waals surface area (Å²) in [7, 11) is 0. The molecule has 4 heteroatoms. The fraction of sp³-hybridized carbons (Fsp3) is 0.148. The number of hydrogen-bond donors (Lipinski definition) is 0. The predicted octanol–water partition coefficient (Wildman–Crippen LogP) is 7.27. The molecule has 31 heavy (non-hydrogen) atoms. The second-order valence-electron chi connectivity index (χ2n) is 7.81. The van der Waals surface area contributed by atoms with Crippen LogP contribution < -0.4 is 0 Å². The van der Waals surface area contributed by atoms with Crippen molar-refractivity contribution in [3.8, 4) is 0 Å². The SMILES string of the molecule is O=C1O[C@H](c2ccccc2)[C@H](c2ccccc2)N1C1=C(Br)C[C@@H](c2ccccc2)C=C1.